The highest BCUT2D eigenvalue weighted by atomic mass is 35.5. The summed E-state index contributed by atoms with van der Waals surface area (Å²) in [4.78, 5) is 58.3. The van der Waals surface area contributed by atoms with Gasteiger partial charge in [0.15, 0.2) is 5.78 Å². The van der Waals surface area contributed by atoms with Gasteiger partial charge in [0.05, 0.1) is 40.9 Å². The molecule has 2 aliphatic rings. The molecule has 1 aliphatic carbocycles. The van der Waals surface area contributed by atoms with Crippen LogP contribution >= 0.6 is 11.6 Å². The fourth-order valence-corrected chi connectivity index (χ4v) is 6.50. The first-order valence-corrected chi connectivity index (χ1v) is 16.2. The molecule has 1 saturated heterocycles. The number of ether oxygens (including phenoxy) is 1. The predicted octanol–water partition coefficient (Wildman–Crippen LogP) is 4.85. The summed E-state index contributed by atoms with van der Waals surface area (Å²) in [5.74, 6) is -3.58. The Morgan fingerprint density at radius 1 is 1.11 bits per heavy atom. The number of hydrogen-bond donors (Lipinski definition) is 2. The van der Waals surface area contributed by atoms with E-state index in [0.717, 1.165) is 29.8 Å². The number of aliphatic carboxylic acids is 1. The number of carbonyl (C=O) groups is 4. The lowest BCUT2D eigenvalue weighted by molar-refractivity contribution is -0.217. The average molecular weight is 671 g/mol. The minimum atomic E-state index is -1.51. The summed E-state index contributed by atoms with van der Waals surface area (Å²) in [5.41, 5.74) is 1.27. The number of nitrogens with zero attached hydrogens (tertiary/aromatic N) is 3. The number of hydrogen-bond acceptors (Lipinski definition) is 7. The van der Waals surface area contributed by atoms with E-state index in [0.29, 0.717) is 44.4 Å². The average Bonchev–Trinajstić information content (AvgIpc) is 3.64. The molecule has 2 N–H and O–H groups in total. The Balaban J connectivity index is 1.24. The van der Waals surface area contributed by atoms with Crippen LogP contribution in [0.15, 0.2) is 42.6 Å². The zero-order chi connectivity index (χ0) is 33.8. The van der Waals surface area contributed by atoms with E-state index >= 15 is 4.39 Å². The van der Waals surface area contributed by atoms with E-state index in [-0.39, 0.29) is 34.3 Å². The van der Waals surface area contributed by atoms with Gasteiger partial charge in [0.25, 0.3) is 11.8 Å². The molecule has 0 spiro atoms. The molecule has 2 fully saturated rings. The summed E-state index contributed by atoms with van der Waals surface area (Å²) in [5, 5.41) is 14.3. The maximum Gasteiger partial charge on any atom is 0.306 e. The van der Waals surface area contributed by atoms with E-state index < -0.39 is 41.9 Å². The van der Waals surface area contributed by atoms with Crippen LogP contribution in [0.25, 0.3) is 10.9 Å². The van der Waals surface area contributed by atoms with Crippen molar-refractivity contribution in [3.05, 3.63) is 64.6 Å². The van der Waals surface area contributed by atoms with Crippen molar-refractivity contribution < 1.29 is 38.2 Å². The lowest BCUT2D eigenvalue weighted by atomic mass is 9.87. The van der Waals surface area contributed by atoms with Crippen molar-refractivity contribution in [2.75, 3.05) is 32.6 Å². The van der Waals surface area contributed by atoms with Gasteiger partial charge in [-0.15, -0.1) is 0 Å². The fourth-order valence-electron chi connectivity index (χ4n) is 6.26. The van der Waals surface area contributed by atoms with Gasteiger partial charge in [-0.3, -0.25) is 24.0 Å². The van der Waals surface area contributed by atoms with Gasteiger partial charge in [-0.1, -0.05) is 29.8 Å². The summed E-state index contributed by atoms with van der Waals surface area (Å²) in [7, 11) is 4.84. The number of aryl methyl sites for hydroxylation is 1. The summed E-state index contributed by atoms with van der Waals surface area (Å²) < 4.78 is 23.3. The van der Waals surface area contributed by atoms with Gasteiger partial charge >= 0.3 is 5.97 Å². The van der Waals surface area contributed by atoms with Crippen LogP contribution in [0, 0.1) is 11.7 Å². The molecule has 1 aliphatic heterocycles. The molecule has 2 atom stereocenters. The van der Waals surface area contributed by atoms with E-state index in [1.54, 1.807) is 11.3 Å². The summed E-state index contributed by atoms with van der Waals surface area (Å²) in [6, 6.07) is 9.54. The normalized spacial score (nSPS) is 20.7. The number of hydroxylamine groups is 2. The number of fused-ring (bicyclic) bond motifs is 1. The predicted molar refractivity (Wildman–Crippen MR) is 174 cm³/mol. The minimum Gasteiger partial charge on any atom is -0.481 e. The highest BCUT2D eigenvalue weighted by Crippen LogP contribution is 2.30. The minimum absolute atomic E-state index is 0.0355. The first kappa shape index (κ1) is 34.5. The van der Waals surface area contributed by atoms with E-state index in [2.05, 4.69) is 5.32 Å². The SMILES string of the molecule is CN(C)C(=O)C(ON1CCC[C@H]1COC1CCC(C(=O)O)CC1)C(=O)Cc1cc(Cl)c(NC(=O)c2cn(C)c3ccccc23)cc1F. The number of ketones is 1. The monoisotopic (exact) mass is 670 g/mol. The number of benzene rings is 2. The van der Waals surface area contributed by atoms with Crippen LogP contribution in [0.1, 0.15) is 54.4 Å². The number of carboxylic acids is 1. The third-order valence-corrected chi connectivity index (χ3v) is 9.27. The first-order chi connectivity index (χ1) is 22.4. The Morgan fingerprint density at radius 2 is 1.83 bits per heavy atom. The van der Waals surface area contributed by atoms with Crippen LogP contribution in [0.4, 0.5) is 10.1 Å². The number of para-hydroxylation sites is 1. The number of amides is 2. The molecule has 5 rings (SSSR count). The Bertz CT molecular complexity index is 1650. The van der Waals surface area contributed by atoms with Gasteiger partial charge < -0.3 is 24.6 Å². The number of Topliss-reactive ketones (excluding diaryl/α,β-unsaturated/α-hetero) is 1. The van der Waals surface area contributed by atoms with E-state index in [9.17, 15) is 24.3 Å². The number of carbonyl (C=O) groups excluding carboxylic acids is 3. The Morgan fingerprint density at radius 3 is 2.53 bits per heavy atom. The van der Waals surface area contributed by atoms with Crippen LogP contribution < -0.4 is 5.32 Å². The largest absolute Gasteiger partial charge is 0.481 e. The third kappa shape index (κ3) is 8.01. The highest BCUT2D eigenvalue weighted by Gasteiger charge is 2.37. The molecule has 0 bridgehead atoms. The fraction of sp³-hybridized carbons (Fsp3) is 0.471. The molecule has 2 aromatic carbocycles. The van der Waals surface area contributed by atoms with Gasteiger partial charge in [-0.2, -0.15) is 5.06 Å². The van der Waals surface area contributed by atoms with Crippen molar-refractivity contribution in [1.82, 2.24) is 14.5 Å². The van der Waals surface area contributed by atoms with Gasteiger partial charge in [-0.25, -0.2) is 4.39 Å². The van der Waals surface area contributed by atoms with Crippen molar-refractivity contribution in [3.63, 3.8) is 0 Å². The van der Waals surface area contributed by atoms with Crippen LogP contribution in [-0.2, 0) is 37.4 Å². The second-order valence-electron chi connectivity index (χ2n) is 12.5. The van der Waals surface area contributed by atoms with Crippen LogP contribution in [0.5, 0.6) is 0 Å². The summed E-state index contributed by atoms with van der Waals surface area (Å²) >= 11 is 6.46. The standard InChI is InChI=1S/C34H40ClFN4O7/c1-38(2)33(43)31(47-40-14-6-7-22(40)19-46-23-12-10-20(11-13-23)34(44)45)30(41)16-21-15-26(35)28(17-27(21)36)37-32(42)25-18-39(3)29-9-5-4-8-24(25)29/h4-5,8-9,15,17-18,20,22-23,31H,6-7,10-14,16,19H2,1-3H3,(H,37,42)(H,44,45)/t20?,22-,23?,31?/m0/s1. The second kappa shape index (κ2) is 14.9. The molecular formula is C34H40ClFN4O7. The van der Waals surface area contributed by atoms with Gasteiger partial charge in [0.2, 0.25) is 6.10 Å². The van der Waals surface area contributed by atoms with Crippen molar-refractivity contribution in [1.29, 1.82) is 0 Å². The maximum absolute atomic E-state index is 15.4. The van der Waals surface area contributed by atoms with Crippen molar-refractivity contribution >= 4 is 51.8 Å². The Hall–Kier alpha value is -3.84. The van der Waals surface area contributed by atoms with Gasteiger partial charge in [0, 0.05) is 51.2 Å². The molecule has 0 radical (unpaired) electrons. The van der Waals surface area contributed by atoms with Crippen molar-refractivity contribution in [2.24, 2.45) is 13.0 Å². The molecule has 2 amide bonds. The summed E-state index contributed by atoms with van der Waals surface area (Å²) in [6.07, 6.45) is 3.60. The van der Waals surface area contributed by atoms with Gasteiger partial charge in [0.1, 0.15) is 5.82 Å². The highest BCUT2D eigenvalue weighted by molar-refractivity contribution is 6.34. The maximum atomic E-state index is 15.4. The molecule has 252 valence electrons. The lowest BCUT2D eigenvalue weighted by Crippen LogP contribution is -2.47. The zero-order valence-corrected chi connectivity index (χ0v) is 27.5. The molecule has 47 heavy (non-hydrogen) atoms. The molecule has 13 heteroatoms. The molecule has 1 saturated carbocycles. The van der Waals surface area contributed by atoms with Gasteiger partial charge in [-0.05, 0) is 62.3 Å². The molecule has 3 aromatic rings. The van der Waals surface area contributed by atoms with E-state index in [1.165, 1.54) is 25.1 Å². The van der Waals surface area contributed by atoms with Crippen LogP contribution in [0.3, 0.4) is 0 Å². The quantitative estimate of drug-likeness (QED) is 0.262. The van der Waals surface area contributed by atoms with Crippen LogP contribution in [-0.4, -0.2) is 88.7 Å². The van der Waals surface area contributed by atoms with Crippen molar-refractivity contribution in [2.45, 2.75) is 63.2 Å². The zero-order valence-electron chi connectivity index (χ0n) is 26.7. The molecule has 1 aromatic heterocycles. The molecule has 2 heterocycles. The summed E-state index contributed by atoms with van der Waals surface area (Å²) in [6.45, 7) is 0.797. The van der Waals surface area contributed by atoms with E-state index in [1.807, 2.05) is 35.9 Å². The Kier molecular flexibility index (Phi) is 11.0. The Labute approximate surface area is 277 Å². The lowest BCUT2D eigenvalue weighted by Gasteiger charge is -2.31. The smallest absolute Gasteiger partial charge is 0.306 e. The molecule has 1 unspecified atom stereocenters. The first-order valence-electron chi connectivity index (χ1n) is 15.8. The number of nitrogens with one attached hydrogen (secondary N) is 1. The number of aromatic nitrogens is 1. The third-order valence-electron chi connectivity index (χ3n) is 8.96. The number of likely N-dealkylation sites (N-methyl/N-ethyl adjacent to an activating group) is 1. The topological polar surface area (TPSA) is 130 Å². The van der Waals surface area contributed by atoms with E-state index in [4.69, 9.17) is 21.2 Å². The molecular weight excluding hydrogens is 631 g/mol. The number of carboxylic acid groups (broad SMARTS) is 1. The second-order valence-corrected chi connectivity index (χ2v) is 12.9. The van der Waals surface area contributed by atoms with Crippen LogP contribution in [0.2, 0.25) is 5.02 Å². The number of anilines is 1. The molecule has 11 nitrogen and oxygen atoms in total. The number of rotatable bonds is 12. The number of halogens is 2. The van der Waals surface area contributed by atoms with Crippen molar-refractivity contribution in [3.8, 4) is 0 Å².